The number of carbonyl (C=O) groups is 1. The van der Waals surface area contributed by atoms with Crippen LogP contribution in [0.2, 0.25) is 0 Å². The minimum atomic E-state index is -1.38. The van der Waals surface area contributed by atoms with Gasteiger partial charge >= 0.3 is 5.97 Å². The predicted octanol–water partition coefficient (Wildman–Crippen LogP) is 3.63. The third-order valence-corrected chi connectivity index (χ3v) is 3.74. The van der Waals surface area contributed by atoms with E-state index in [2.05, 4.69) is 6.92 Å². The summed E-state index contributed by atoms with van der Waals surface area (Å²) in [5, 5.41) is 10.1. The highest BCUT2D eigenvalue weighted by atomic mass is 35.5. The number of benzene rings is 1. The van der Waals surface area contributed by atoms with E-state index in [1.54, 1.807) is 19.1 Å². The molecule has 0 heterocycles. The topological polar surface area (TPSA) is 46.5 Å². The van der Waals surface area contributed by atoms with E-state index in [4.69, 9.17) is 16.3 Å². The molecule has 4 heteroatoms. The molecule has 3 nitrogen and oxygen atoms in total. The third kappa shape index (κ3) is 4.80. The lowest BCUT2D eigenvalue weighted by Crippen LogP contribution is -2.39. The van der Waals surface area contributed by atoms with Crippen molar-refractivity contribution in [2.45, 2.75) is 50.5 Å². The van der Waals surface area contributed by atoms with Crippen molar-refractivity contribution >= 4 is 17.6 Å². The van der Waals surface area contributed by atoms with E-state index < -0.39 is 16.9 Å². The van der Waals surface area contributed by atoms with Crippen LogP contribution in [0.25, 0.3) is 0 Å². The van der Waals surface area contributed by atoms with Crippen LogP contribution in [-0.2, 0) is 14.4 Å². The highest BCUT2D eigenvalue weighted by Gasteiger charge is 2.38. The summed E-state index contributed by atoms with van der Waals surface area (Å²) < 4.78 is 5.08. The number of carbonyl (C=O) groups excluding carboxylic acids is 1. The first-order valence-electron chi connectivity index (χ1n) is 7.09. The Bertz CT molecular complexity index is 403. The van der Waals surface area contributed by atoms with Crippen LogP contribution in [0.5, 0.6) is 0 Å². The van der Waals surface area contributed by atoms with Crippen molar-refractivity contribution < 1.29 is 14.6 Å². The van der Waals surface area contributed by atoms with E-state index in [1.807, 2.05) is 18.2 Å². The Morgan fingerprint density at radius 1 is 1.30 bits per heavy atom. The lowest BCUT2D eigenvalue weighted by atomic mass is 9.94. The second kappa shape index (κ2) is 8.28. The van der Waals surface area contributed by atoms with Gasteiger partial charge in [0.2, 0.25) is 0 Å². The van der Waals surface area contributed by atoms with Crippen LogP contribution in [0.4, 0.5) is 0 Å². The van der Waals surface area contributed by atoms with Crippen molar-refractivity contribution in [3.05, 3.63) is 35.9 Å². The molecule has 20 heavy (non-hydrogen) atoms. The van der Waals surface area contributed by atoms with Gasteiger partial charge < -0.3 is 9.84 Å². The number of aliphatic hydroxyl groups is 1. The zero-order chi connectivity index (χ0) is 15.0. The molecular formula is C16H23ClO3. The van der Waals surface area contributed by atoms with Crippen LogP contribution in [0.15, 0.2) is 30.3 Å². The fourth-order valence-electron chi connectivity index (χ4n) is 1.92. The van der Waals surface area contributed by atoms with Gasteiger partial charge in [-0.05, 0) is 18.9 Å². The van der Waals surface area contributed by atoms with Gasteiger partial charge in [0.15, 0.2) is 6.10 Å². The molecule has 0 unspecified atom stereocenters. The Morgan fingerprint density at radius 2 is 1.95 bits per heavy atom. The number of halogens is 1. The molecule has 0 saturated heterocycles. The van der Waals surface area contributed by atoms with Crippen molar-refractivity contribution in [3.8, 4) is 0 Å². The molecule has 0 bridgehead atoms. The molecule has 1 aromatic carbocycles. The first-order chi connectivity index (χ1) is 9.50. The highest BCUT2D eigenvalue weighted by Crippen LogP contribution is 2.32. The number of hydrogen-bond donors (Lipinski definition) is 1. The second-order valence-electron chi connectivity index (χ2n) is 5.07. The van der Waals surface area contributed by atoms with Crippen LogP contribution < -0.4 is 0 Å². The molecule has 0 saturated carbocycles. The first kappa shape index (κ1) is 17.0. The third-order valence-electron chi connectivity index (χ3n) is 3.32. The monoisotopic (exact) mass is 298 g/mol. The van der Waals surface area contributed by atoms with Crippen LogP contribution in [-0.4, -0.2) is 23.8 Å². The summed E-state index contributed by atoms with van der Waals surface area (Å²) in [6, 6.07) is 9.06. The van der Waals surface area contributed by atoms with E-state index >= 15 is 0 Å². The largest absolute Gasteiger partial charge is 0.464 e. The molecular weight excluding hydrogens is 276 g/mol. The summed E-state index contributed by atoms with van der Waals surface area (Å²) in [6.07, 6.45) is 2.72. The summed E-state index contributed by atoms with van der Waals surface area (Å²) >= 11 is 6.32. The quantitative estimate of drug-likeness (QED) is 0.453. The minimum absolute atomic E-state index is 0.331. The van der Waals surface area contributed by atoms with E-state index in [0.29, 0.717) is 12.2 Å². The van der Waals surface area contributed by atoms with E-state index in [-0.39, 0.29) is 0 Å². The molecule has 0 spiro atoms. The SMILES string of the molecule is CCCCCCOC(=O)[C@@H](O)[C@](C)(Cl)c1ccccc1. The highest BCUT2D eigenvalue weighted by molar-refractivity contribution is 6.25. The lowest BCUT2D eigenvalue weighted by Gasteiger charge is -2.27. The lowest BCUT2D eigenvalue weighted by molar-refractivity contribution is -0.155. The normalized spacial score (nSPS) is 15.4. The first-order valence-corrected chi connectivity index (χ1v) is 7.47. The average Bonchev–Trinajstić information content (AvgIpc) is 2.47. The molecule has 0 radical (unpaired) electrons. The summed E-state index contributed by atoms with van der Waals surface area (Å²) in [5.41, 5.74) is 0.692. The summed E-state index contributed by atoms with van der Waals surface area (Å²) in [5.74, 6) is -0.664. The van der Waals surface area contributed by atoms with Gasteiger partial charge in [-0.1, -0.05) is 56.5 Å². The Hall–Kier alpha value is -1.06. The summed E-state index contributed by atoms with van der Waals surface area (Å²) in [6.45, 7) is 4.07. The van der Waals surface area contributed by atoms with Gasteiger partial charge in [0.25, 0.3) is 0 Å². The van der Waals surface area contributed by atoms with E-state index in [0.717, 1.165) is 25.7 Å². The zero-order valence-electron chi connectivity index (χ0n) is 12.1. The molecule has 1 aromatic rings. The molecule has 1 rings (SSSR count). The zero-order valence-corrected chi connectivity index (χ0v) is 12.9. The van der Waals surface area contributed by atoms with Gasteiger partial charge in [0.05, 0.1) is 6.61 Å². The molecule has 0 aliphatic heterocycles. The van der Waals surface area contributed by atoms with Crippen LogP contribution in [0, 0.1) is 0 Å². The Kier molecular flexibility index (Phi) is 7.03. The molecule has 0 fully saturated rings. The number of esters is 1. The van der Waals surface area contributed by atoms with Crippen LogP contribution in [0.1, 0.15) is 45.1 Å². The number of aliphatic hydroxyl groups excluding tert-OH is 1. The maximum absolute atomic E-state index is 11.8. The van der Waals surface area contributed by atoms with Crippen molar-refractivity contribution in [2.75, 3.05) is 6.61 Å². The van der Waals surface area contributed by atoms with Crippen molar-refractivity contribution in [1.29, 1.82) is 0 Å². The van der Waals surface area contributed by atoms with E-state index in [1.165, 1.54) is 0 Å². The van der Waals surface area contributed by atoms with Gasteiger partial charge in [0, 0.05) is 0 Å². The minimum Gasteiger partial charge on any atom is -0.464 e. The fourth-order valence-corrected chi connectivity index (χ4v) is 2.14. The maximum atomic E-state index is 11.8. The molecule has 1 N–H and O–H groups in total. The number of ether oxygens (including phenoxy) is 1. The van der Waals surface area contributed by atoms with E-state index in [9.17, 15) is 9.90 Å². The standard InChI is InChI=1S/C16H23ClO3/c1-3-4-5-9-12-20-15(19)14(18)16(2,17)13-10-7-6-8-11-13/h6-8,10-11,14,18H,3-5,9,12H2,1-2H3/t14-,16-/m1/s1. The molecule has 2 atom stereocenters. The van der Waals surface area contributed by atoms with Crippen molar-refractivity contribution in [1.82, 2.24) is 0 Å². The van der Waals surface area contributed by atoms with Crippen molar-refractivity contribution in [3.63, 3.8) is 0 Å². The van der Waals surface area contributed by atoms with Gasteiger partial charge in [0.1, 0.15) is 4.87 Å². The average molecular weight is 299 g/mol. The number of alkyl halides is 1. The van der Waals surface area contributed by atoms with Gasteiger partial charge in [-0.2, -0.15) is 0 Å². The number of hydrogen-bond acceptors (Lipinski definition) is 3. The second-order valence-corrected chi connectivity index (χ2v) is 5.86. The summed E-state index contributed by atoms with van der Waals surface area (Å²) in [7, 11) is 0. The van der Waals surface area contributed by atoms with Gasteiger partial charge in [-0.15, -0.1) is 11.6 Å². The maximum Gasteiger partial charge on any atom is 0.337 e. The van der Waals surface area contributed by atoms with Gasteiger partial charge in [-0.25, -0.2) is 4.79 Å². The van der Waals surface area contributed by atoms with Crippen LogP contribution >= 0.6 is 11.6 Å². The van der Waals surface area contributed by atoms with Crippen molar-refractivity contribution in [2.24, 2.45) is 0 Å². The Balaban J connectivity index is 2.51. The predicted molar refractivity (Wildman–Crippen MR) is 80.8 cm³/mol. The smallest absolute Gasteiger partial charge is 0.337 e. The number of unbranched alkanes of at least 4 members (excludes halogenated alkanes) is 3. The molecule has 112 valence electrons. The Morgan fingerprint density at radius 3 is 2.55 bits per heavy atom. The van der Waals surface area contributed by atoms with Gasteiger partial charge in [-0.3, -0.25) is 0 Å². The molecule has 0 aromatic heterocycles. The van der Waals surface area contributed by atoms with Crippen LogP contribution in [0.3, 0.4) is 0 Å². The number of rotatable bonds is 8. The summed E-state index contributed by atoms with van der Waals surface area (Å²) in [4.78, 5) is 10.7. The fraction of sp³-hybridized carbons (Fsp3) is 0.562. The molecule has 0 amide bonds. The Labute approximate surface area is 125 Å². The molecule has 0 aliphatic carbocycles. The molecule has 0 aliphatic rings.